The van der Waals surface area contributed by atoms with E-state index in [4.69, 9.17) is 39.4 Å². The van der Waals surface area contributed by atoms with E-state index in [2.05, 4.69) is 40.0 Å². The Morgan fingerprint density at radius 3 is 0.699 bits per heavy atom. The normalized spacial score (nSPS) is 16.7. The highest BCUT2D eigenvalue weighted by atomic mass is 16.7. The molecule has 0 heterocycles. The first-order valence-corrected chi connectivity index (χ1v) is 30.5. The van der Waals surface area contributed by atoms with Crippen molar-refractivity contribution in [1.82, 2.24) is 24.5 Å². The van der Waals surface area contributed by atoms with Crippen LogP contribution in [0.1, 0.15) is 0 Å². The van der Waals surface area contributed by atoms with Crippen molar-refractivity contribution in [2.45, 2.75) is 97.7 Å². The standard InChI is InChI=1S/C54H93N9O40/c64-22-34(72)51(92)47(88)30(68)13-55-100-26-43(84)96-9-5-62(6-10-97-44(85)27-101-56-14-31(69)48(89)52(93)35(73)23-65)38(76)17-60(20-41(80)81)3-1-59(19-40(78)79)2-4-61(21-42(82)83)18-39(77)63(7-11-98-45(86)28-102-57-15-32(70)49(90)53(94)36(74)24-66)8-12-99-46(87)29-103-58-16-33(71)50(91)54(95)37(75)25-67/h13-16,30-37,47-54,64-75,88-95H,1-12,17-29H2,(H,78,79)(H,80,81)(H,82,83)/b55-13-,56-14-,57-15+,58-16+/t30-,31-,32-,33-,34-,35-,36-,37-,47+,48+,49+,50+,51-,52-,53-,54-/m1/s1. The molecule has 0 bridgehead atoms. The number of carbonyl (C=O) groups excluding carboxylic acids is 6. The van der Waals surface area contributed by atoms with E-state index in [1.807, 2.05) is 0 Å². The van der Waals surface area contributed by atoms with E-state index in [0.717, 1.165) is 24.5 Å². The van der Waals surface area contributed by atoms with E-state index in [-0.39, 0.29) is 0 Å². The Hall–Kier alpha value is -7.81. The molecule has 0 saturated heterocycles. The van der Waals surface area contributed by atoms with Crippen LogP contribution in [0.5, 0.6) is 0 Å². The molecule has 0 radical (unpaired) electrons. The number of carboxylic acid groups (broad SMARTS) is 3. The molecule has 0 aromatic heterocycles. The summed E-state index contributed by atoms with van der Waals surface area (Å²) in [5, 5.41) is 235. The number of carboxylic acids is 3. The minimum absolute atomic E-state index is 0.405. The molecular formula is C54H93N9O40. The predicted octanol–water partition coefficient (Wildman–Crippen LogP) is -17.3. The maximum absolute atomic E-state index is 13.9. The molecule has 0 aliphatic carbocycles. The lowest BCUT2D eigenvalue weighted by Crippen LogP contribution is -2.49. The van der Waals surface area contributed by atoms with Gasteiger partial charge in [0.25, 0.3) is 0 Å². The summed E-state index contributed by atoms with van der Waals surface area (Å²) in [4.78, 5) is 138. The Kier molecular flexibility index (Phi) is 49.8. The number of esters is 4. The minimum Gasteiger partial charge on any atom is -0.480 e. The zero-order valence-corrected chi connectivity index (χ0v) is 55.0. The molecule has 23 N–H and O–H groups in total. The molecule has 49 heteroatoms. The molecule has 0 fully saturated rings. The molecule has 0 rings (SSSR count). The van der Waals surface area contributed by atoms with Crippen molar-refractivity contribution < 1.29 is 199 Å². The molecule has 0 aliphatic rings. The van der Waals surface area contributed by atoms with Gasteiger partial charge in [-0.05, 0) is 0 Å². The van der Waals surface area contributed by atoms with Crippen molar-refractivity contribution in [3.8, 4) is 0 Å². The Labute approximate surface area is 583 Å². The van der Waals surface area contributed by atoms with E-state index < -0.39 is 316 Å². The first kappa shape index (κ1) is 95.2. The number of ether oxygens (including phenoxy) is 4. The highest BCUT2D eigenvalue weighted by Gasteiger charge is 2.33. The molecule has 0 saturated carbocycles. The van der Waals surface area contributed by atoms with E-state index >= 15 is 0 Å². The fraction of sp³-hybridized carbons (Fsp3) is 0.759. The minimum atomic E-state index is -2.08. The van der Waals surface area contributed by atoms with E-state index in [1.165, 1.54) is 0 Å². The van der Waals surface area contributed by atoms with Gasteiger partial charge in [0.15, 0.2) is 0 Å². The summed E-state index contributed by atoms with van der Waals surface area (Å²) in [6.45, 7) is -18.7. The molecule has 0 aromatic rings. The summed E-state index contributed by atoms with van der Waals surface area (Å²) in [5.41, 5.74) is 0. The van der Waals surface area contributed by atoms with Crippen LogP contribution < -0.4 is 0 Å². The van der Waals surface area contributed by atoms with Crippen LogP contribution in [0.3, 0.4) is 0 Å². The van der Waals surface area contributed by atoms with Crippen molar-refractivity contribution >= 4 is 78.5 Å². The second-order valence-corrected chi connectivity index (χ2v) is 21.5. The summed E-state index contributed by atoms with van der Waals surface area (Å²) in [6, 6.07) is 0. The SMILES string of the molecule is O=C(O)CN(CCN(CC(=O)O)CC(=O)N(CCOC(=O)CO/N=C\[C@@H](O)[C@H](O)[C@H](O)[C@H](O)CO)CCOC(=O)CO/N=C\[C@@H](O)[C@H](O)[C@H](O)[C@H](O)CO)CCN(CC(=O)O)CC(=O)N(CCOC(=O)CO/N=C/[C@@H](O)[C@H](O)[C@H](O)[C@H](O)CO)CCOC(=O)CO/N=C/[C@@H](O)[C@H](O)[C@H](O)[C@H](O)CO. The topological polar surface area (TPSA) is 758 Å². The lowest BCUT2D eigenvalue weighted by Gasteiger charge is -2.30. The molecule has 0 aromatic carbocycles. The molecule has 103 heavy (non-hydrogen) atoms. The fourth-order valence-corrected chi connectivity index (χ4v) is 7.67. The first-order chi connectivity index (χ1) is 48.5. The number of aliphatic carboxylic acids is 3. The number of hydrogen-bond acceptors (Lipinski definition) is 44. The molecule has 16 atom stereocenters. The van der Waals surface area contributed by atoms with Gasteiger partial charge in [-0.3, -0.25) is 38.7 Å². The summed E-state index contributed by atoms with van der Waals surface area (Å²) < 4.78 is 20.1. The molecule has 0 aliphatic heterocycles. The maximum Gasteiger partial charge on any atom is 0.347 e. The zero-order chi connectivity index (χ0) is 78.3. The van der Waals surface area contributed by atoms with Crippen molar-refractivity contribution in [2.75, 3.05) is 164 Å². The summed E-state index contributed by atoms with van der Waals surface area (Å²) in [5.74, 6) is -11.2. The van der Waals surface area contributed by atoms with Gasteiger partial charge < -0.3 is 166 Å². The number of amides is 2. The monoisotopic (exact) mass is 1510 g/mol. The number of carbonyl (C=O) groups is 9. The lowest BCUT2D eigenvalue weighted by molar-refractivity contribution is -0.153. The van der Waals surface area contributed by atoms with Crippen LogP contribution in [0.15, 0.2) is 20.6 Å². The predicted molar refractivity (Wildman–Crippen MR) is 331 cm³/mol. The van der Waals surface area contributed by atoms with Crippen LogP contribution >= 0.6 is 0 Å². The van der Waals surface area contributed by atoms with Gasteiger partial charge >= 0.3 is 41.8 Å². The number of nitrogens with zero attached hydrogens (tertiary/aromatic N) is 9. The van der Waals surface area contributed by atoms with Gasteiger partial charge in [-0.25, -0.2) is 19.2 Å². The largest absolute Gasteiger partial charge is 0.480 e. The van der Waals surface area contributed by atoms with E-state index in [0.29, 0.717) is 24.9 Å². The van der Waals surface area contributed by atoms with Crippen LogP contribution in [-0.2, 0) is 81.4 Å². The molecule has 0 spiro atoms. The zero-order valence-electron chi connectivity index (χ0n) is 55.0. The lowest BCUT2D eigenvalue weighted by atomic mass is 10.0. The Balaban J connectivity index is 6.54. The average molecular weight is 1510 g/mol. The number of aliphatic hydroxyl groups is 20. The Morgan fingerprint density at radius 2 is 0.495 bits per heavy atom. The highest BCUT2D eigenvalue weighted by molar-refractivity contribution is 5.80. The fourth-order valence-electron chi connectivity index (χ4n) is 7.67. The second-order valence-electron chi connectivity index (χ2n) is 21.5. The summed E-state index contributed by atoms with van der Waals surface area (Å²) in [6.07, 6.45) is -29.8. The summed E-state index contributed by atoms with van der Waals surface area (Å²) >= 11 is 0. The van der Waals surface area contributed by atoms with Gasteiger partial charge in [0.2, 0.25) is 38.2 Å². The third kappa shape index (κ3) is 41.9. The van der Waals surface area contributed by atoms with Crippen LogP contribution in [0.25, 0.3) is 0 Å². The van der Waals surface area contributed by atoms with Crippen molar-refractivity contribution in [2.24, 2.45) is 20.6 Å². The van der Waals surface area contributed by atoms with Crippen LogP contribution in [0, 0.1) is 0 Å². The first-order valence-electron chi connectivity index (χ1n) is 30.5. The van der Waals surface area contributed by atoms with Crippen LogP contribution in [-0.4, -0.2) is 482 Å². The van der Waals surface area contributed by atoms with Crippen LogP contribution in [0.4, 0.5) is 0 Å². The molecule has 49 nitrogen and oxygen atoms in total. The Bertz CT molecular complexity index is 2320. The third-order valence-electron chi connectivity index (χ3n) is 13.5. The van der Waals surface area contributed by atoms with Gasteiger partial charge in [0.1, 0.15) is 124 Å². The van der Waals surface area contributed by atoms with Gasteiger partial charge in [-0.2, -0.15) is 0 Å². The van der Waals surface area contributed by atoms with Gasteiger partial charge in [-0.15, -0.1) is 0 Å². The third-order valence-corrected chi connectivity index (χ3v) is 13.5. The number of aliphatic hydroxyl groups excluding tert-OH is 20. The van der Waals surface area contributed by atoms with Crippen molar-refractivity contribution in [3.63, 3.8) is 0 Å². The van der Waals surface area contributed by atoms with E-state index in [9.17, 15) is 140 Å². The van der Waals surface area contributed by atoms with Crippen LogP contribution in [0.2, 0.25) is 0 Å². The molecule has 2 amide bonds. The second kappa shape index (κ2) is 53.9. The van der Waals surface area contributed by atoms with Crippen molar-refractivity contribution in [3.05, 3.63) is 0 Å². The average Bonchev–Trinajstić information content (AvgIpc) is 0.981. The quantitative estimate of drug-likeness (QED) is 0.0116. The molecular weight excluding hydrogens is 1410 g/mol. The van der Waals surface area contributed by atoms with Gasteiger partial charge in [-0.1, -0.05) is 20.6 Å². The smallest absolute Gasteiger partial charge is 0.347 e. The molecule has 0 unspecified atom stereocenters. The van der Waals surface area contributed by atoms with E-state index in [1.54, 1.807) is 0 Å². The van der Waals surface area contributed by atoms with Gasteiger partial charge in [0.05, 0.1) is 110 Å². The summed E-state index contributed by atoms with van der Waals surface area (Å²) in [7, 11) is 0. The highest BCUT2D eigenvalue weighted by Crippen LogP contribution is 2.09. The van der Waals surface area contributed by atoms with Gasteiger partial charge in [0, 0.05) is 26.2 Å². The molecule has 594 valence electrons. The number of hydrogen-bond donors (Lipinski definition) is 23. The Morgan fingerprint density at radius 1 is 0.291 bits per heavy atom. The maximum atomic E-state index is 13.9. The number of oxime groups is 4. The number of rotatable bonds is 60. The van der Waals surface area contributed by atoms with Crippen molar-refractivity contribution in [1.29, 1.82) is 0 Å².